The van der Waals surface area contributed by atoms with Gasteiger partial charge in [-0.05, 0) is 59.4 Å². The molecule has 0 saturated carbocycles. The van der Waals surface area contributed by atoms with Gasteiger partial charge in [-0.2, -0.15) is 0 Å². The molecule has 2 atom stereocenters. The predicted octanol–water partition coefficient (Wildman–Crippen LogP) is 7.98. The molecule has 5 heterocycles. The first-order chi connectivity index (χ1) is 28.4. The lowest BCUT2D eigenvalue weighted by atomic mass is 9.94. The highest BCUT2D eigenvalue weighted by Crippen LogP contribution is 2.41. The van der Waals surface area contributed by atoms with E-state index >= 15 is 0 Å². The van der Waals surface area contributed by atoms with Crippen LogP contribution in [0.4, 0.5) is 11.4 Å². The van der Waals surface area contributed by atoms with Crippen molar-refractivity contribution in [3.63, 3.8) is 0 Å². The number of para-hydroxylation sites is 1. The summed E-state index contributed by atoms with van der Waals surface area (Å²) < 4.78 is 24.4. The number of methoxy groups -OCH3 is 2. The molecule has 10 rings (SSSR count). The summed E-state index contributed by atoms with van der Waals surface area (Å²) in [5.74, 6) is 1.61. The fraction of sp³-hybridized carbons (Fsp3) is 0.213. The summed E-state index contributed by atoms with van der Waals surface area (Å²) in [5.41, 5.74) is 9.11. The molecule has 4 aliphatic rings. The van der Waals surface area contributed by atoms with Gasteiger partial charge in [0.25, 0.3) is 11.8 Å². The third-order valence-electron chi connectivity index (χ3n) is 11.5. The molecule has 5 aromatic carbocycles. The zero-order valence-electron chi connectivity index (χ0n) is 32.1. The Labute approximate surface area is 335 Å². The molecule has 11 nitrogen and oxygen atoms in total. The lowest BCUT2D eigenvalue weighted by Crippen LogP contribution is -2.44. The quantitative estimate of drug-likeness (QED) is 0.154. The topological polar surface area (TPSA) is 115 Å². The van der Waals surface area contributed by atoms with Crippen molar-refractivity contribution in [1.29, 1.82) is 0 Å². The number of amides is 2. The van der Waals surface area contributed by atoms with Crippen molar-refractivity contribution < 1.29 is 28.5 Å². The fourth-order valence-electron chi connectivity index (χ4n) is 8.46. The molecule has 288 valence electrons. The summed E-state index contributed by atoms with van der Waals surface area (Å²) >= 11 is 0. The zero-order valence-corrected chi connectivity index (χ0v) is 32.1. The molecule has 0 spiro atoms. The number of nitrogens with zero attached hydrogens (tertiary/aromatic N) is 5. The van der Waals surface area contributed by atoms with Gasteiger partial charge in [0.1, 0.15) is 13.2 Å². The Morgan fingerprint density at radius 3 is 1.64 bits per heavy atom. The van der Waals surface area contributed by atoms with Gasteiger partial charge in [0.05, 0.1) is 60.0 Å². The second-order valence-electron chi connectivity index (χ2n) is 14.9. The van der Waals surface area contributed by atoms with Crippen LogP contribution in [0, 0.1) is 0 Å². The summed E-state index contributed by atoms with van der Waals surface area (Å²) in [5, 5.41) is 0.929. The van der Waals surface area contributed by atoms with Crippen LogP contribution in [0.5, 0.6) is 23.0 Å². The van der Waals surface area contributed by atoms with Crippen LogP contribution in [0.1, 0.15) is 54.2 Å². The van der Waals surface area contributed by atoms with Gasteiger partial charge in [0, 0.05) is 48.6 Å². The third-order valence-corrected chi connectivity index (χ3v) is 11.5. The number of aliphatic imine (C=N–C) groups is 2. The standard InChI is InChI=1S/C47H39N5O6/c1-55-42-18-37-40(48-22-34-16-28-9-3-5-11-30(28)24-51(34)46(37)53)20-44(42)57-26-32-15-33(50-39-14-8-7-13-36(32)39)27-58-45-21-41-38(19-43(45)56-2)47(54)52-25-31-12-6-4-10-29(31)17-35(52)23-49-41/h3-15,18-23,34-35H,16-17,24-27H2,1-2H3/t34-,35?/m0/s1. The summed E-state index contributed by atoms with van der Waals surface area (Å²) in [4.78, 5) is 46.0. The number of carbonyl (C=O) groups excluding carboxylic acids is 2. The molecule has 0 radical (unpaired) electrons. The molecule has 0 bridgehead atoms. The molecule has 1 unspecified atom stereocenters. The van der Waals surface area contributed by atoms with Crippen molar-refractivity contribution in [2.24, 2.45) is 9.98 Å². The Kier molecular flexibility index (Phi) is 8.85. The second kappa shape index (κ2) is 14.5. The Hall–Kier alpha value is -7.01. The highest BCUT2D eigenvalue weighted by Gasteiger charge is 2.35. The first-order valence-corrected chi connectivity index (χ1v) is 19.3. The molecule has 0 N–H and O–H groups in total. The van der Waals surface area contributed by atoms with Crippen LogP contribution in [0.3, 0.4) is 0 Å². The molecule has 2 amide bonds. The monoisotopic (exact) mass is 769 g/mol. The fourth-order valence-corrected chi connectivity index (χ4v) is 8.46. The van der Waals surface area contributed by atoms with E-state index in [0.29, 0.717) is 77.1 Å². The largest absolute Gasteiger partial charge is 0.493 e. The molecular weight excluding hydrogens is 731 g/mol. The normalized spacial score (nSPS) is 17.6. The van der Waals surface area contributed by atoms with E-state index in [1.54, 1.807) is 38.5 Å². The molecule has 0 fully saturated rings. The highest BCUT2D eigenvalue weighted by atomic mass is 16.5. The second-order valence-corrected chi connectivity index (χ2v) is 14.9. The van der Waals surface area contributed by atoms with E-state index in [2.05, 4.69) is 24.3 Å². The lowest BCUT2D eigenvalue weighted by Gasteiger charge is -2.34. The van der Waals surface area contributed by atoms with Gasteiger partial charge in [-0.1, -0.05) is 66.7 Å². The molecule has 58 heavy (non-hydrogen) atoms. The molecular formula is C47H39N5O6. The van der Waals surface area contributed by atoms with E-state index in [9.17, 15) is 9.59 Å². The van der Waals surface area contributed by atoms with E-state index in [1.165, 1.54) is 11.1 Å². The molecule has 0 aliphatic carbocycles. The Balaban J connectivity index is 0.902. The smallest absolute Gasteiger partial charge is 0.257 e. The maximum atomic E-state index is 13.9. The SMILES string of the molecule is COc1cc2c(cc1OCc1cc(COc3cc4c(cc3OC)C(=O)N3Cc5ccccc5C[C@H]3C=N4)c3ccccc3n1)N=CC1Cc3ccccc3CN1C2=O. The number of hydrogen-bond acceptors (Lipinski definition) is 9. The van der Waals surface area contributed by atoms with E-state index < -0.39 is 0 Å². The molecule has 1 aromatic heterocycles. The van der Waals surface area contributed by atoms with Gasteiger partial charge in [-0.3, -0.25) is 19.6 Å². The van der Waals surface area contributed by atoms with Crippen LogP contribution >= 0.6 is 0 Å². The maximum Gasteiger partial charge on any atom is 0.257 e. The maximum absolute atomic E-state index is 13.9. The summed E-state index contributed by atoms with van der Waals surface area (Å²) in [6, 6.07) is 33.0. The van der Waals surface area contributed by atoms with E-state index in [1.807, 2.05) is 76.8 Å². The number of aromatic nitrogens is 1. The average Bonchev–Trinajstić information content (AvgIpc) is 3.48. The van der Waals surface area contributed by atoms with Gasteiger partial charge in [-0.25, -0.2) is 4.98 Å². The van der Waals surface area contributed by atoms with Crippen LogP contribution in [-0.2, 0) is 39.1 Å². The van der Waals surface area contributed by atoms with Gasteiger partial charge < -0.3 is 28.7 Å². The minimum atomic E-state index is -0.144. The Morgan fingerprint density at radius 2 is 1.09 bits per heavy atom. The summed E-state index contributed by atoms with van der Waals surface area (Å²) in [7, 11) is 3.13. The van der Waals surface area contributed by atoms with E-state index in [-0.39, 0.29) is 37.1 Å². The number of fused-ring (bicyclic) bond motifs is 7. The number of carbonyl (C=O) groups is 2. The van der Waals surface area contributed by atoms with E-state index in [4.69, 9.17) is 33.9 Å². The predicted molar refractivity (Wildman–Crippen MR) is 220 cm³/mol. The van der Waals surface area contributed by atoms with Gasteiger partial charge in [-0.15, -0.1) is 0 Å². The minimum absolute atomic E-state index is 0.0899. The highest BCUT2D eigenvalue weighted by molar-refractivity contribution is 6.04. The van der Waals surface area contributed by atoms with E-state index in [0.717, 1.165) is 27.6 Å². The number of rotatable bonds is 8. The Bertz CT molecular complexity index is 2710. The van der Waals surface area contributed by atoms with Crippen LogP contribution in [0.15, 0.2) is 113 Å². The van der Waals surface area contributed by atoms with Crippen molar-refractivity contribution in [3.8, 4) is 23.0 Å². The van der Waals surface area contributed by atoms with Crippen molar-refractivity contribution in [1.82, 2.24) is 14.8 Å². The van der Waals surface area contributed by atoms with Crippen molar-refractivity contribution >= 4 is 46.5 Å². The molecule has 6 aromatic rings. The zero-order chi connectivity index (χ0) is 39.3. The van der Waals surface area contributed by atoms with Gasteiger partial charge in [0.15, 0.2) is 23.0 Å². The number of hydrogen-bond donors (Lipinski definition) is 0. The third kappa shape index (κ3) is 6.28. The van der Waals surface area contributed by atoms with Crippen molar-refractivity contribution in [2.45, 2.75) is 51.2 Å². The summed E-state index contributed by atoms with van der Waals surface area (Å²) in [6.07, 6.45) is 5.15. The first kappa shape index (κ1) is 35.4. The molecule has 4 aliphatic heterocycles. The number of ether oxygens (including phenoxy) is 4. The molecule has 0 saturated heterocycles. The van der Waals surface area contributed by atoms with Gasteiger partial charge in [0.2, 0.25) is 0 Å². The minimum Gasteiger partial charge on any atom is -0.493 e. The van der Waals surface area contributed by atoms with Crippen molar-refractivity contribution in [3.05, 3.63) is 148 Å². The van der Waals surface area contributed by atoms with Gasteiger partial charge >= 0.3 is 0 Å². The number of pyridine rings is 1. The summed E-state index contributed by atoms with van der Waals surface area (Å²) in [6.45, 7) is 1.35. The van der Waals surface area contributed by atoms with Crippen LogP contribution in [0.2, 0.25) is 0 Å². The average molecular weight is 770 g/mol. The Morgan fingerprint density at radius 1 is 0.586 bits per heavy atom. The van der Waals surface area contributed by atoms with Crippen molar-refractivity contribution in [2.75, 3.05) is 14.2 Å². The lowest BCUT2D eigenvalue weighted by molar-refractivity contribution is 0.0696. The number of benzene rings is 5. The first-order valence-electron chi connectivity index (χ1n) is 19.3. The van der Waals surface area contributed by atoms with Crippen LogP contribution < -0.4 is 18.9 Å². The van der Waals surface area contributed by atoms with Crippen LogP contribution in [-0.4, -0.2) is 65.3 Å². The molecule has 11 heteroatoms. The van der Waals surface area contributed by atoms with Crippen LogP contribution in [0.25, 0.3) is 10.9 Å².